The number of carbonyl (C=O) groups is 2. The van der Waals surface area contributed by atoms with Crippen LogP contribution in [0.3, 0.4) is 0 Å². The summed E-state index contributed by atoms with van der Waals surface area (Å²) in [5.74, 6) is -1.17. The summed E-state index contributed by atoms with van der Waals surface area (Å²) in [6.45, 7) is -0.0167. The summed E-state index contributed by atoms with van der Waals surface area (Å²) in [4.78, 5) is 30.3. The van der Waals surface area contributed by atoms with Crippen LogP contribution in [0, 0.1) is 5.82 Å². The number of carbonyl (C=O) groups excluding carboxylic acids is 2. The van der Waals surface area contributed by atoms with Crippen LogP contribution in [0.4, 0.5) is 4.39 Å². The fourth-order valence-corrected chi connectivity index (χ4v) is 3.28. The predicted octanol–water partition coefficient (Wildman–Crippen LogP) is 3.93. The van der Waals surface area contributed by atoms with Crippen molar-refractivity contribution in [2.45, 2.75) is 6.54 Å². The second-order valence-electron chi connectivity index (χ2n) is 5.47. The van der Waals surface area contributed by atoms with Gasteiger partial charge in [-0.2, -0.15) is 0 Å². The van der Waals surface area contributed by atoms with E-state index in [9.17, 15) is 14.0 Å². The molecule has 0 unspecified atom stereocenters. The maximum absolute atomic E-state index is 14.0. The van der Waals surface area contributed by atoms with Gasteiger partial charge in [-0.15, -0.1) is 0 Å². The quantitative estimate of drug-likeness (QED) is 0.628. The van der Waals surface area contributed by atoms with Gasteiger partial charge in [0.2, 0.25) is 0 Å². The van der Waals surface area contributed by atoms with Crippen LogP contribution < -0.4 is 0 Å². The number of aromatic nitrogens is 1. The largest absolute Gasteiger partial charge is 0.269 e. The van der Waals surface area contributed by atoms with Gasteiger partial charge in [0, 0.05) is 9.86 Å². The number of rotatable bonds is 2. The Bertz CT molecular complexity index is 984. The molecule has 1 aliphatic rings. The fraction of sp³-hybridized carbons (Fsp3) is 0.0556. The van der Waals surface area contributed by atoms with Crippen molar-refractivity contribution in [2.24, 2.45) is 0 Å². The first-order valence-corrected chi connectivity index (χ1v) is 8.04. The lowest BCUT2D eigenvalue weighted by atomic mass is 10.1. The monoisotopic (exact) mass is 384 g/mol. The number of benzene rings is 2. The lowest BCUT2D eigenvalue weighted by Gasteiger charge is -2.15. The molecule has 0 fully saturated rings. The Labute approximate surface area is 145 Å². The van der Waals surface area contributed by atoms with Crippen LogP contribution in [0.15, 0.2) is 53.0 Å². The van der Waals surface area contributed by atoms with Gasteiger partial charge in [0.1, 0.15) is 11.3 Å². The Balaban J connectivity index is 1.76. The van der Waals surface area contributed by atoms with Gasteiger partial charge in [0.05, 0.1) is 23.4 Å². The average Bonchev–Trinajstić information content (AvgIpc) is 2.82. The van der Waals surface area contributed by atoms with Crippen molar-refractivity contribution in [3.8, 4) is 0 Å². The van der Waals surface area contributed by atoms with Crippen molar-refractivity contribution in [2.75, 3.05) is 0 Å². The summed E-state index contributed by atoms with van der Waals surface area (Å²) in [5, 5.41) is 0.646. The molecule has 0 atom stereocenters. The first-order chi connectivity index (χ1) is 11.6. The van der Waals surface area contributed by atoms with E-state index in [0.29, 0.717) is 26.7 Å². The van der Waals surface area contributed by atoms with Gasteiger partial charge in [-0.25, -0.2) is 9.37 Å². The van der Waals surface area contributed by atoms with Crippen LogP contribution in [0.25, 0.3) is 10.9 Å². The van der Waals surface area contributed by atoms with E-state index in [0.717, 1.165) is 4.90 Å². The summed E-state index contributed by atoms with van der Waals surface area (Å²) in [7, 11) is 0. The van der Waals surface area contributed by atoms with Crippen molar-refractivity contribution < 1.29 is 14.0 Å². The molecule has 0 aliphatic carbocycles. The van der Waals surface area contributed by atoms with E-state index in [1.165, 1.54) is 6.07 Å². The van der Waals surface area contributed by atoms with Gasteiger partial charge < -0.3 is 0 Å². The fourth-order valence-electron chi connectivity index (χ4n) is 2.82. The summed E-state index contributed by atoms with van der Waals surface area (Å²) in [5.41, 5.74) is 1.41. The third kappa shape index (κ3) is 2.22. The van der Waals surface area contributed by atoms with Crippen molar-refractivity contribution >= 4 is 38.6 Å². The second-order valence-corrected chi connectivity index (χ2v) is 6.32. The van der Waals surface area contributed by atoms with Gasteiger partial charge in [-0.3, -0.25) is 14.5 Å². The first kappa shape index (κ1) is 15.0. The molecule has 118 valence electrons. The maximum atomic E-state index is 14.0. The molecule has 2 amide bonds. The highest BCUT2D eigenvalue weighted by Gasteiger charge is 2.35. The molecule has 4 rings (SSSR count). The van der Waals surface area contributed by atoms with Crippen LogP contribution in [0.2, 0.25) is 0 Å². The normalized spacial score (nSPS) is 13.7. The van der Waals surface area contributed by atoms with E-state index < -0.39 is 5.82 Å². The van der Waals surface area contributed by atoms with Crippen molar-refractivity contribution in [1.82, 2.24) is 9.88 Å². The Morgan fingerprint density at radius 3 is 2.33 bits per heavy atom. The molecule has 0 saturated carbocycles. The average molecular weight is 385 g/mol. The molecule has 0 bridgehead atoms. The number of hydrogen-bond acceptors (Lipinski definition) is 3. The van der Waals surface area contributed by atoms with Crippen molar-refractivity contribution in [1.29, 1.82) is 0 Å². The summed E-state index contributed by atoms with van der Waals surface area (Å²) in [6.07, 6.45) is 0. The van der Waals surface area contributed by atoms with E-state index in [4.69, 9.17) is 0 Å². The van der Waals surface area contributed by atoms with Gasteiger partial charge in [0.25, 0.3) is 11.8 Å². The molecule has 2 aromatic carbocycles. The van der Waals surface area contributed by atoms with Crippen molar-refractivity contribution in [3.63, 3.8) is 0 Å². The summed E-state index contributed by atoms with van der Waals surface area (Å²) in [6, 6.07) is 13.1. The van der Waals surface area contributed by atoms with E-state index in [1.807, 2.05) is 0 Å². The number of pyridine rings is 1. The van der Waals surface area contributed by atoms with E-state index >= 15 is 0 Å². The van der Waals surface area contributed by atoms with Gasteiger partial charge in [-0.1, -0.05) is 24.3 Å². The molecule has 24 heavy (non-hydrogen) atoms. The molecule has 0 saturated heterocycles. The maximum Gasteiger partial charge on any atom is 0.261 e. The lowest BCUT2D eigenvalue weighted by molar-refractivity contribution is 0.0640. The minimum atomic E-state index is -0.441. The van der Waals surface area contributed by atoms with Gasteiger partial charge in [0.15, 0.2) is 0 Å². The highest BCUT2D eigenvalue weighted by atomic mass is 79.9. The number of fused-ring (bicyclic) bond motifs is 2. The molecule has 1 aliphatic heterocycles. The van der Waals surface area contributed by atoms with E-state index in [2.05, 4.69) is 20.9 Å². The zero-order valence-electron chi connectivity index (χ0n) is 12.3. The molecule has 2 heterocycles. The Morgan fingerprint density at radius 2 is 1.67 bits per heavy atom. The number of imide groups is 1. The molecule has 0 N–H and O–H groups in total. The molecule has 0 radical (unpaired) electrons. The van der Waals surface area contributed by atoms with Crippen molar-refractivity contribution in [3.05, 3.63) is 75.6 Å². The first-order valence-electron chi connectivity index (χ1n) is 7.25. The van der Waals surface area contributed by atoms with Crippen LogP contribution in [-0.4, -0.2) is 21.7 Å². The SMILES string of the molecule is O=C1c2ccccc2C(=O)N1Cc1nc2c(F)cccc2cc1Br. The Morgan fingerprint density at radius 1 is 1.00 bits per heavy atom. The third-order valence-corrected chi connectivity index (χ3v) is 4.70. The molecular weight excluding hydrogens is 375 g/mol. The highest BCUT2D eigenvalue weighted by Crippen LogP contribution is 2.28. The molecular formula is C18H10BrFN2O2. The molecule has 1 aromatic heterocycles. The number of para-hydroxylation sites is 1. The zero-order valence-corrected chi connectivity index (χ0v) is 13.9. The minimum absolute atomic E-state index is 0.0167. The highest BCUT2D eigenvalue weighted by molar-refractivity contribution is 9.10. The van der Waals surface area contributed by atoms with Crippen LogP contribution >= 0.6 is 15.9 Å². The number of hydrogen-bond donors (Lipinski definition) is 0. The molecule has 4 nitrogen and oxygen atoms in total. The minimum Gasteiger partial charge on any atom is -0.269 e. The van der Waals surface area contributed by atoms with Crippen LogP contribution in [0.5, 0.6) is 0 Å². The van der Waals surface area contributed by atoms with E-state index in [-0.39, 0.29) is 23.9 Å². The van der Waals surface area contributed by atoms with Crippen LogP contribution in [0.1, 0.15) is 26.4 Å². The Kier molecular flexibility index (Phi) is 3.42. The number of amides is 2. The number of halogens is 2. The Hall–Kier alpha value is -2.60. The van der Waals surface area contributed by atoms with Crippen LogP contribution in [-0.2, 0) is 6.54 Å². The second kappa shape index (κ2) is 5.49. The summed E-state index contributed by atoms with van der Waals surface area (Å²) < 4.78 is 14.6. The smallest absolute Gasteiger partial charge is 0.261 e. The third-order valence-electron chi connectivity index (χ3n) is 4.01. The predicted molar refractivity (Wildman–Crippen MR) is 90.0 cm³/mol. The summed E-state index contributed by atoms with van der Waals surface area (Å²) >= 11 is 3.39. The molecule has 6 heteroatoms. The topological polar surface area (TPSA) is 50.3 Å². The standard InChI is InChI=1S/C18H10BrFN2O2/c19-13-8-10-4-3-7-14(20)16(10)21-15(13)9-22-17(23)11-5-1-2-6-12(11)18(22)24/h1-8H,9H2. The van der Waals surface area contributed by atoms with Gasteiger partial charge >= 0.3 is 0 Å². The zero-order chi connectivity index (χ0) is 16.8. The van der Waals surface area contributed by atoms with E-state index in [1.54, 1.807) is 42.5 Å². The van der Waals surface area contributed by atoms with Gasteiger partial charge in [-0.05, 0) is 40.2 Å². The molecule has 0 spiro atoms. The molecule has 3 aromatic rings. The lowest BCUT2D eigenvalue weighted by Crippen LogP contribution is -2.29. The number of nitrogens with zero attached hydrogens (tertiary/aromatic N) is 2.